The van der Waals surface area contributed by atoms with Crippen molar-refractivity contribution in [3.8, 4) is 0 Å². The Balaban J connectivity index is 2.00. The second-order valence-corrected chi connectivity index (χ2v) is 4.65. The number of rotatable bonds is 3. The Morgan fingerprint density at radius 1 is 1.76 bits per heavy atom. The molecule has 5 heteroatoms. The van der Waals surface area contributed by atoms with Crippen LogP contribution in [0.2, 0.25) is 0 Å². The molecule has 0 aromatic carbocycles. The zero-order chi connectivity index (χ0) is 12.3. The number of nitrogens with one attached hydrogen (secondary N) is 1. The highest BCUT2D eigenvalue weighted by molar-refractivity contribution is 5.81. The van der Waals surface area contributed by atoms with Gasteiger partial charge in [0.2, 0.25) is 5.91 Å². The molecule has 17 heavy (non-hydrogen) atoms. The number of hydrogen-bond acceptors (Lipinski definition) is 3. The number of likely N-dealkylation sites (tertiary alicyclic amines) is 1. The van der Waals surface area contributed by atoms with Gasteiger partial charge in [0.1, 0.15) is 0 Å². The third kappa shape index (κ3) is 2.66. The van der Waals surface area contributed by atoms with E-state index in [-0.39, 0.29) is 11.9 Å². The Morgan fingerprint density at radius 2 is 2.59 bits per heavy atom. The third-order valence-corrected chi connectivity index (χ3v) is 3.45. The summed E-state index contributed by atoms with van der Waals surface area (Å²) in [4.78, 5) is 13.9. The zero-order valence-electron chi connectivity index (χ0n) is 10.2. The smallest absolute Gasteiger partial charge is 0.239 e. The Bertz CT molecular complexity index is 363. The minimum Gasteiger partial charge on any atom is -0.341 e. The van der Waals surface area contributed by atoms with Crippen LogP contribution in [0.1, 0.15) is 37.8 Å². The first-order chi connectivity index (χ1) is 8.22. The topological polar surface area (TPSA) is 75.0 Å². The highest BCUT2D eigenvalue weighted by Crippen LogP contribution is 2.25. The molecule has 2 heterocycles. The average Bonchev–Trinajstić information content (AvgIpc) is 2.91. The van der Waals surface area contributed by atoms with Gasteiger partial charge in [0, 0.05) is 30.9 Å². The van der Waals surface area contributed by atoms with Gasteiger partial charge in [-0.2, -0.15) is 5.10 Å². The molecule has 2 rings (SSSR count). The molecule has 0 spiro atoms. The molecular formula is C12H20N4O. The third-order valence-electron chi connectivity index (χ3n) is 3.45. The van der Waals surface area contributed by atoms with Crippen LogP contribution < -0.4 is 5.73 Å². The molecule has 1 saturated heterocycles. The molecule has 94 valence electrons. The van der Waals surface area contributed by atoms with Crippen LogP contribution in [0.4, 0.5) is 0 Å². The molecule has 1 aromatic heterocycles. The molecular weight excluding hydrogens is 216 g/mol. The van der Waals surface area contributed by atoms with E-state index in [1.54, 1.807) is 6.20 Å². The van der Waals surface area contributed by atoms with Gasteiger partial charge < -0.3 is 10.6 Å². The first-order valence-corrected chi connectivity index (χ1v) is 6.26. The molecule has 0 radical (unpaired) electrons. The van der Waals surface area contributed by atoms with Crippen LogP contribution in [0.15, 0.2) is 12.3 Å². The lowest BCUT2D eigenvalue weighted by Gasteiger charge is -2.33. The molecule has 1 amide bonds. The number of amides is 1. The van der Waals surface area contributed by atoms with Gasteiger partial charge in [-0.25, -0.2) is 0 Å². The van der Waals surface area contributed by atoms with E-state index in [0.29, 0.717) is 12.3 Å². The minimum atomic E-state index is -0.351. The van der Waals surface area contributed by atoms with E-state index in [1.165, 1.54) is 0 Å². The lowest BCUT2D eigenvalue weighted by Crippen LogP contribution is -2.47. The molecule has 0 bridgehead atoms. The number of nitrogens with two attached hydrogens (primary N) is 1. The Hall–Kier alpha value is -1.36. The van der Waals surface area contributed by atoms with Gasteiger partial charge >= 0.3 is 0 Å². The first kappa shape index (κ1) is 12.1. The summed E-state index contributed by atoms with van der Waals surface area (Å²) in [5.41, 5.74) is 6.92. The average molecular weight is 236 g/mol. The molecule has 1 fully saturated rings. The summed E-state index contributed by atoms with van der Waals surface area (Å²) in [7, 11) is 0. The summed E-state index contributed by atoms with van der Waals surface area (Å²) >= 11 is 0. The summed E-state index contributed by atoms with van der Waals surface area (Å²) < 4.78 is 0. The summed E-state index contributed by atoms with van der Waals surface area (Å²) in [6.45, 7) is 3.53. The second-order valence-electron chi connectivity index (χ2n) is 4.65. The molecule has 0 saturated carbocycles. The zero-order valence-corrected chi connectivity index (χ0v) is 10.2. The number of nitrogens with zero attached hydrogens (tertiary/aromatic N) is 2. The van der Waals surface area contributed by atoms with Crippen LogP contribution in [-0.4, -0.2) is 40.1 Å². The van der Waals surface area contributed by atoms with Gasteiger partial charge in [0.15, 0.2) is 0 Å². The molecule has 1 aromatic rings. The van der Waals surface area contributed by atoms with Crippen molar-refractivity contribution in [3.05, 3.63) is 18.0 Å². The molecule has 2 unspecified atom stereocenters. The van der Waals surface area contributed by atoms with E-state index in [2.05, 4.69) is 10.2 Å². The summed E-state index contributed by atoms with van der Waals surface area (Å²) in [5, 5.41) is 6.96. The fourth-order valence-corrected chi connectivity index (χ4v) is 2.33. The van der Waals surface area contributed by atoms with Crippen LogP contribution in [-0.2, 0) is 4.79 Å². The SMILES string of the molecule is CCC(N)C(=O)N1CCCC(c2ccn[nH]2)C1. The fourth-order valence-electron chi connectivity index (χ4n) is 2.33. The molecule has 0 aliphatic carbocycles. The van der Waals surface area contributed by atoms with Crippen molar-refractivity contribution >= 4 is 5.91 Å². The molecule has 2 atom stereocenters. The summed E-state index contributed by atoms with van der Waals surface area (Å²) in [6, 6.07) is 1.63. The molecule has 3 N–H and O–H groups in total. The number of carbonyl (C=O) groups excluding carboxylic acids is 1. The normalized spacial score (nSPS) is 22.5. The van der Waals surface area contributed by atoms with Crippen molar-refractivity contribution in [1.82, 2.24) is 15.1 Å². The maximum Gasteiger partial charge on any atom is 0.239 e. The van der Waals surface area contributed by atoms with Crippen LogP contribution in [0.3, 0.4) is 0 Å². The van der Waals surface area contributed by atoms with Crippen LogP contribution in [0.25, 0.3) is 0 Å². The van der Waals surface area contributed by atoms with E-state index < -0.39 is 0 Å². The van der Waals surface area contributed by atoms with Crippen LogP contribution in [0, 0.1) is 0 Å². The lowest BCUT2D eigenvalue weighted by molar-refractivity contribution is -0.133. The maximum absolute atomic E-state index is 12.0. The van der Waals surface area contributed by atoms with Gasteiger partial charge in [0.05, 0.1) is 6.04 Å². The number of aromatic amines is 1. The Morgan fingerprint density at radius 3 is 3.24 bits per heavy atom. The van der Waals surface area contributed by atoms with Gasteiger partial charge in [-0.15, -0.1) is 0 Å². The van der Waals surface area contributed by atoms with Crippen LogP contribution in [0.5, 0.6) is 0 Å². The predicted molar refractivity (Wildman–Crippen MR) is 65.4 cm³/mol. The number of aromatic nitrogens is 2. The van der Waals surface area contributed by atoms with Gasteiger partial charge in [-0.3, -0.25) is 9.89 Å². The number of carbonyl (C=O) groups is 1. The Labute approximate surface area is 101 Å². The fraction of sp³-hybridized carbons (Fsp3) is 0.667. The number of hydrogen-bond donors (Lipinski definition) is 2. The number of H-pyrrole nitrogens is 1. The van der Waals surface area contributed by atoms with E-state index >= 15 is 0 Å². The van der Waals surface area contributed by atoms with Crippen molar-refractivity contribution in [2.24, 2.45) is 5.73 Å². The summed E-state index contributed by atoms with van der Waals surface area (Å²) in [5.74, 6) is 0.455. The van der Waals surface area contributed by atoms with Gasteiger partial charge in [-0.1, -0.05) is 6.92 Å². The van der Waals surface area contributed by atoms with Crippen molar-refractivity contribution in [2.45, 2.75) is 38.1 Å². The predicted octanol–water partition coefficient (Wildman–Crippen LogP) is 0.853. The second kappa shape index (κ2) is 5.31. The monoisotopic (exact) mass is 236 g/mol. The maximum atomic E-state index is 12.0. The molecule has 5 nitrogen and oxygen atoms in total. The van der Waals surface area contributed by atoms with Crippen molar-refractivity contribution in [3.63, 3.8) is 0 Å². The van der Waals surface area contributed by atoms with E-state index in [1.807, 2.05) is 17.9 Å². The van der Waals surface area contributed by atoms with E-state index in [0.717, 1.165) is 31.6 Å². The van der Waals surface area contributed by atoms with Gasteiger partial charge in [0.25, 0.3) is 0 Å². The highest BCUT2D eigenvalue weighted by atomic mass is 16.2. The van der Waals surface area contributed by atoms with E-state index in [9.17, 15) is 4.79 Å². The van der Waals surface area contributed by atoms with E-state index in [4.69, 9.17) is 5.73 Å². The first-order valence-electron chi connectivity index (χ1n) is 6.26. The largest absolute Gasteiger partial charge is 0.341 e. The van der Waals surface area contributed by atoms with Gasteiger partial charge in [-0.05, 0) is 25.3 Å². The highest BCUT2D eigenvalue weighted by Gasteiger charge is 2.27. The molecule has 1 aliphatic rings. The summed E-state index contributed by atoms with van der Waals surface area (Å²) in [6.07, 6.45) is 4.59. The quantitative estimate of drug-likeness (QED) is 0.817. The number of piperidine rings is 1. The van der Waals surface area contributed by atoms with Crippen LogP contribution >= 0.6 is 0 Å². The minimum absolute atomic E-state index is 0.0803. The molecule has 1 aliphatic heterocycles. The van der Waals surface area contributed by atoms with Crippen molar-refractivity contribution in [1.29, 1.82) is 0 Å². The Kier molecular flexibility index (Phi) is 3.78. The lowest BCUT2D eigenvalue weighted by atomic mass is 9.94. The van der Waals surface area contributed by atoms with Crippen molar-refractivity contribution in [2.75, 3.05) is 13.1 Å². The van der Waals surface area contributed by atoms with Crippen molar-refractivity contribution < 1.29 is 4.79 Å². The standard InChI is InChI=1S/C12H20N4O/c1-2-10(13)12(17)16-7-3-4-9(8-16)11-5-6-14-15-11/h5-6,9-10H,2-4,7-8,13H2,1H3,(H,14,15).